The van der Waals surface area contributed by atoms with E-state index in [-0.39, 0.29) is 12.4 Å². The van der Waals surface area contributed by atoms with Crippen LogP contribution in [0.2, 0.25) is 0 Å². The van der Waals surface area contributed by atoms with E-state index in [1.165, 1.54) is 0 Å². The van der Waals surface area contributed by atoms with Crippen LogP contribution in [-0.2, 0) is 10.0 Å². The summed E-state index contributed by atoms with van der Waals surface area (Å²) in [7, 11) is -3.34. The number of nitrogens with one attached hydrogen (secondary N) is 2. The molecule has 0 saturated heterocycles. The lowest BCUT2D eigenvalue weighted by molar-refractivity contribution is 0.371. The molecule has 0 bridgehead atoms. The molecule has 21 heavy (non-hydrogen) atoms. The number of benzene rings is 1. The smallest absolute Gasteiger partial charge is 0.229 e. The number of halogens is 2. The molecule has 1 aromatic rings. The van der Waals surface area contributed by atoms with Gasteiger partial charge in [0, 0.05) is 16.6 Å². The van der Waals surface area contributed by atoms with Crippen LogP contribution in [0.1, 0.15) is 5.56 Å². The number of rotatable bonds is 5. The Morgan fingerprint density at radius 3 is 2.76 bits per heavy atom. The van der Waals surface area contributed by atoms with Gasteiger partial charge in [0.2, 0.25) is 10.0 Å². The number of nitrogens with zero attached hydrogens (tertiary/aromatic N) is 1. The van der Waals surface area contributed by atoms with Gasteiger partial charge in [-0.15, -0.1) is 12.4 Å². The van der Waals surface area contributed by atoms with Crippen molar-refractivity contribution in [3.63, 3.8) is 0 Å². The molecule has 0 radical (unpaired) electrons. The fourth-order valence-electron chi connectivity index (χ4n) is 1.82. The van der Waals surface area contributed by atoms with Gasteiger partial charge in [-0.1, -0.05) is 0 Å². The summed E-state index contributed by atoms with van der Waals surface area (Å²) in [6.45, 7) is 3.75. The summed E-state index contributed by atoms with van der Waals surface area (Å²) >= 11 is 3.33. The van der Waals surface area contributed by atoms with Gasteiger partial charge < -0.3 is 10.1 Å². The molecular weight excluding hydrogens is 382 g/mol. The first kappa shape index (κ1) is 18.1. The van der Waals surface area contributed by atoms with Gasteiger partial charge >= 0.3 is 0 Å². The Morgan fingerprint density at radius 2 is 2.19 bits per heavy atom. The van der Waals surface area contributed by atoms with Gasteiger partial charge in [0.25, 0.3) is 0 Å². The quantitative estimate of drug-likeness (QED) is 0.794. The molecule has 2 rings (SSSR count). The molecule has 9 heteroatoms. The fraction of sp³-hybridized carbons (Fsp3) is 0.417. The van der Waals surface area contributed by atoms with Crippen molar-refractivity contribution in [2.75, 3.05) is 30.7 Å². The zero-order valence-electron chi connectivity index (χ0n) is 11.6. The molecule has 0 aromatic heterocycles. The van der Waals surface area contributed by atoms with E-state index in [2.05, 4.69) is 31.0 Å². The highest BCUT2D eigenvalue weighted by Gasteiger charge is 2.14. The molecule has 0 atom stereocenters. The van der Waals surface area contributed by atoms with Crippen molar-refractivity contribution in [3.05, 3.63) is 22.2 Å². The van der Waals surface area contributed by atoms with Gasteiger partial charge in [-0.2, -0.15) is 0 Å². The molecule has 0 fully saturated rings. The monoisotopic (exact) mass is 397 g/mol. The van der Waals surface area contributed by atoms with Crippen LogP contribution < -0.4 is 14.8 Å². The topological polar surface area (TPSA) is 79.8 Å². The zero-order valence-corrected chi connectivity index (χ0v) is 14.9. The van der Waals surface area contributed by atoms with Crippen LogP contribution in [0.25, 0.3) is 0 Å². The molecule has 1 aliphatic rings. The lowest BCUT2D eigenvalue weighted by Crippen LogP contribution is -2.25. The first-order chi connectivity index (χ1) is 9.37. The number of anilines is 1. The van der Waals surface area contributed by atoms with Crippen molar-refractivity contribution in [1.82, 2.24) is 5.32 Å². The minimum absolute atomic E-state index is 0. The summed E-state index contributed by atoms with van der Waals surface area (Å²) in [5.41, 5.74) is 1.22. The van der Waals surface area contributed by atoms with E-state index in [1.807, 2.05) is 0 Å². The zero-order chi connectivity index (χ0) is 14.8. The van der Waals surface area contributed by atoms with E-state index in [0.29, 0.717) is 22.5 Å². The number of amidine groups is 1. The van der Waals surface area contributed by atoms with Crippen molar-refractivity contribution in [2.24, 2.45) is 4.99 Å². The van der Waals surface area contributed by atoms with Crippen LogP contribution >= 0.6 is 28.3 Å². The lowest BCUT2D eigenvalue weighted by atomic mass is 10.2. The standard InChI is InChI=1S/C12H16BrN3O3S.ClH/c1-8-10(19-7-11-14-5-6-15-11)4-3-9(13)12(8)16-20(2,17)18;/h3-4,16H,5-7H2,1-2H3,(H,14,15);1H. The van der Waals surface area contributed by atoms with Gasteiger partial charge in [0.15, 0.2) is 0 Å². The predicted molar refractivity (Wildman–Crippen MR) is 90.4 cm³/mol. The van der Waals surface area contributed by atoms with Crippen LogP contribution in [0.4, 0.5) is 5.69 Å². The Morgan fingerprint density at radius 1 is 1.48 bits per heavy atom. The van der Waals surface area contributed by atoms with E-state index < -0.39 is 10.0 Å². The Labute approximate surface area is 139 Å². The van der Waals surface area contributed by atoms with Crippen LogP contribution in [0.3, 0.4) is 0 Å². The summed E-state index contributed by atoms with van der Waals surface area (Å²) in [4.78, 5) is 4.24. The van der Waals surface area contributed by atoms with Crippen molar-refractivity contribution >= 4 is 49.9 Å². The summed E-state index contributed by atoms with van der Waals surface area (Å²) in [5, 5.41) is 3.11. The highest BCUT2D eigenvalue weighted by Crippen LogP contribution is 2.33. The molecule has 1 aliphatic heterocycles. The molecule has 0 unspecified atom stereocenters. The van der Waals surface area contributed by atoms with E-state index in [1.54, 1.807) is 19.1 Å². The highest BCUT2D eigenvalue weighted by atomic mass is 79.9. The maximum absolute atomic E-state index is 11.4. The van der Waals surface area contributed by atoms with Gasteiger partial charge in [0.1, 0.15) is 18.2 Å². The van der Waals surface area contributed by atoms with Crippen molar-refractivity contribution < 1.29 is 13.2 Å². The third-order valence-electron chi connectivity index (χ3n) is 2.76. The number of ether oxygens (including phenoxy) is 1. The number of hydrogen-bond donors (Lipinski definition) is 2. The second-order valence-electron chi connectivity index (χ2n) is 4.46. The van der Waals surface area contributed by atoms with Gasteiger partial charge in [-0.25, -0.2) is 8.42 Å². The third-order valence-corrected chi connectivity index (χ3v) is 4.00. The number of aliphatic imine (C=N–C) groups is 1. The van der Waals surface area contributed by atoms with E-state index in [0.717, 1.165) is 30.7 Å². The Bertz CT molecular complexity index is 649. The third kappa shape index (κ3) is 5.05. The first-order valence-corrected chi connectivity index (χ1v) is 8.72. The van der Waals surface area contributed by atoms with Crippen LogP contribution in [0.15, 0.2) is 21.6 Å². The molecule has 1 aromatic carbocycles. The van der Waals surface area contributed by atoms with Gasteiger partial charge in [-0.05, 0) is 35.0 Å². The van der Waals surface area contributed by atoms with Gasteiger partial charge in [-0.3, -0.25) is 9.71 Å². The lowest BCUT2D eigenvalue weighted by Gasteiger charge is -2.15. The van der Waals surface area contributed by atoms with Crippen LogP contribution in [0.5, 0.6) is 5.75 Å². The number of sulfonamides is 1. The van der Waals surface area contributed by atoms with Crippen LogP contribution in [-0.4, -0.2) is 40.2 Å². The summed E-state index contributed by atoms with van der Waals surface area (Å²) in [6, 6.07) is 3.54. The maximum Gasteiger partial charge on any atom is 0.229 e. The average Bonchev–Trinajstić information content (AvgIpc) is 2.85. The number of hydrogen-bond acceptors (Lipinski definition) is 5. The second-order valence-corrected chi connectivity index (χ2v) is 7.07. The second kappa shape index (κ2) is 7.33. The van der Waals surface area contributed by atoms with Crippen molar-refractivity contribution in [2.45, 2.75) is 6.92 Å². The molecule has 2 N–H and O–H groups in total. The minimum atomic E-state index is -3.34. The minimum Gasteiger partial charge on any atom is -0.485 e. The summed E-state index contributed by atoms with van der Waals surface area (Å²) < 4.78 is 31.6. The normalized spacial score (nSPS) is 14.0. The Kier molecular flexibility index (Phi) is 6.30. The Balaban J connectivity index is 0.00000220. The van der Waals surface area contributed by atoms with E-state index in [9.17, 15) is 8.42 Å². The molecule has 0 saturated carbocycles. The summed E-state index contributed by atoms with van der Waals surface area (Å²) in [6.07, 6.45) is 1.11. The fourth-order valence-corrected chi connectivity index (χ4v) is 3.11. The largest absolute Gasteiger partial charge is 0.485 e. The maximum atomic E-state index is 11.4. The molecule has 118 valence electrons. The molecule has 0 amide bonds. The Hall–Kier alpha value is -0.990. The molecule has 0 spiro atoms. The molecular formula is C12H17BrClN3O3S. The van der Waals surface area contributed by atoms with E-state index in [4.69, 9.17) is 4.74 Å². The molecule has 1 heterocycles. The van der Waals surface area contributed by atoms with Crippen molar-refractivity contribution in [3.8, 4) is 5.75 Å². The first-order valence-electron chi connectivity index (χ1n) is 6.04. The highest BCUT2D eigenvalue weighted by molar-refractivity contribution is 9.10. The SMILES string of the molecule is Cc1c(OCC2=NCCN2)ccc(Br)c1NS(C)(=O)=O.Cl. The molecule has 0 aliphatic carbocycles. The average molecular weight is 399 g/mol. The molecule has 6 nitrogen and oxygen atoms in total. The van der Waals surface area contributed by atoms with E-state index >= 15 is 0 Å². The van der Waals surface area contributed by atoms with Gasteiger partial charge in [0.05, 0.1) is 18.5 Å². The van der Waals surface area contributed by atoms with Crippen LogP contribution in [0, 0.1) is 6.92 Å². The predicted octanol–water partition coefficient (Wildman–Crippen LogP) is 1.93. The van der Waals surface area contributed by atoms with Crippen molar-refractivity contribution in [1.29, 1.82) is 0 Å². The summed E-state index contributed by atoms with van der Waals surface area (Å²) in [5.74, 6) is 1.43.